The summed E-state index contributed by atoms with van der Waals surface area (Å²) < 4.78 is 0. The maximum absolute atomic E-state index is 4.35. The van der Waals surface area contributed by atoms with Crippen LogP contribution in [0.25, 0.3) is 0 Å². The summed E-state index contributed by atoms with van der Waals surface area (Å²) in [6.45, 7) is 13.2. The standard InChI is InChI=1S/C13H19N3S/c1-3-12(2)4-6-15-7-9-16(10-8-15)13-14-5-11-17-13/h3,5,11H,1-2,4,6-10H2. The van der Waals surface area contributed by atoms with E-state index in [1.807, 2.05) is 17.7 Å². The summed E-state index contributed by atoms with van der Waals surface area (Å²) in [7, 11) is 0. The average Bonchev–Trinajstić information content (AvgIpc) is 2.90. The van der Waals surface area contributed by atoms with Crippen molar-refractivity contribution in [3.05, 3.63) is 36.4 Å². The van der Waals surface area contributed by atoms with Gasteiger partial charge in [-0.1, -0.05) is 24.8 Å². The van der Waals surface area contributed by atoms with Gasteiger partial charge in [-0.05, 0) is 6.42 Å². The van der Waals surface area contributed by atoms with Gasteiger partial charge in [-0.15, -0.1) is 11.3 Å². The summed E-state index contributed by atoms with van der Waals surface area (Å²) in [5, 5.41) is 3.19. The molecule has 1 saturated heterocycles. The van der Waals surface area contributed by atoms with Gasteiger partial charge in [0, 0.05) is 44.3 Å². The molecule has 0 atom stereocenters. The van der Waals surface area contributed by atoms with Crippen molar-refractivity contribution in [2.45, 2.75) is 6.42 Å². The number of nitrogens with zero attached hydrogens (tertiary/aromatic N) is 3. The second-order valence-corrected chi connectivity index (χ2v) is 5.13. The van der Waals surface area contributed by atoms with Crippen LogP contribution < -0.4 is 4.90 Å². The highest BCUT2D eigenvalue weighted by molar-refractivity contribution is 7.13. The highest BCUT2D eigenvalue weighted by Gasteiger charge is 2.17. The summed E-state index contributed by atoms with van der Waals surface area (Å²) in [5.41, 5.74) is 1.13. The highest BCUT2D eigenvalue weighted by atomic mass is 32.1. The second kappa shape index (κ2) is 5.98. The molecule has 3 nitrogen and oxygen atoms in total. The quantitative estimate of drug-likeness (QED) is 0.747. The van der Waals surface area contributed by atoms with Gasteiger partial charge in [-0.3, -0.25) is 4.90 Å². The molecular weight excluding hydrogens is 230 g/mol. The normalized spacial score (nSPS) is 17.1. The van der Waals surface area contributed by atoms with Crippen LogP contribution in [0, 0.1) is 0 Å². The van der Waals surface area contributed by atoms with Crippen LogP contribution in [0.15, 0.2) is 36.4 Å². The Morgan fingerprint density at radius 1 is 1.41 bits per heavy atom. The van der Waals surface area contributed by atoms with Crippen molar-refractivity contribution in [3.63, 3.8) is 0 Å². The average molecular weight is 249 g/mol. The Morgan fingerprint density at radius 2 is 2.18 bits per heavy atom. The van der Waals surface area contributed by atoms with Crippen LogP contribution in [0.4, 0.5) is 5.13 Å². The number of hydrogen-bond donors (Lipinski definition) is 0. The molecule has 1 fully saturated rings. The van der Waals surface area contributed by atoms with Crippen molar-refractivity contribution in [3.8, 4) is 0 Å². The lowest BCUT2D eigenvalue weighted by Gasteiger charge is -2.34. The van der Waals surface area contributed by atoms with Gasteiger partial charge in [0.1, 0.15) is 0 Å². The van der Waals surface area contributed by atoms with Crippen molar-refractivity contribution in [1.29, 1.82) is 0 Å². The van der Waals surface area contributed by atoms with E-state index in [9.17, 15) is 0 Å². The monoisotopic (exact) mass is 249 g/mol. The first-order chi connectivity index (χ1) is 8.29. The molecule has 0 radical (unpaired) electrons. The molecule has 0 aliphatic carbocycles. The van der Waals surface area contributed by atoms with Crippen molar-refractivity contribution >= 4 is 16.5 Å². The summed E-state index contributed by atoms with van der Waals surface area (Å²) in [4.78, 5) is 9.20. The summed E-state index contributed by atoms with van der Waals surface area (Å²) in [6, 6.07) is 0. The molecule has 1 aliphatic heterocycles. The first kappa shape index (κ1) is 12.3. The molecule has 1 aromatic heterocycles. The number of aromatic nitrogens is 1. The second-order valence-electron chi connectivity index (χ2n) is 4.26. The number of hydrogen-bond acceptors (Lipinski definition) is 4. The van der Waals surface area contributed by atoms with Crippen LogP contribution >= 0.6 is 11.3 Å². The Balaban J connectivity index is 1.74. The van der Waals surface area contributed by atoms with Gasteiger partial charge in [0.2, 0.25) is 0 Å². The fraction of sp³-hybridized carbons (Fsp3) is 0.462. The number of anilines is 1. The van der Waals surface area contributed by atoms with E-state index in [1.54, 1.807) is 11.3 Å². The highest BCUT2D eigenvalue weighted by Crippen LogP contribution is 2.19. The van der Waals surface area contributed by atoms with Crippen molar-refractivity contribution in [2.75, 3.05) is 37.6 Å². The van der Waals surface area contributed by atoms with Crippen molar-refractivity contribution < 1.29 is 0 Å². The third kappa shape index (κ3) is 3.41. The Labute approximate surface area is 107 Å². The van der Waals surface area contributed by atoms with Gasteiger partial charge in [0.05, 0.1) is 0 Å². The third-order valence-corrected chi connectivity index (χ3v) is 3.93. The lowest BCUT2D eigenvalue weighted by Crippen LogP contribution is -2.46. The maximum Gasteiger partial charge on any atom is 0.185 e. The van der Waals surface area contributed by atoms with E-state index in [4.69, 9.17) is 0 Å². The molecular formula is C13H19N3S. The van der Waals surface area contributed by atoms with Crippen LogP contribution in [-0.2, 0) is 0 Å². The van der Waals surface area contributed by atoms with Crippen LogP contribution in [-0.4, -0.2) is 42.6 Å². The topological polar surface area (TPSA) is 19.4 Å². The van der Waals surface area contributed by atoms with E-state index >= 15 is 0 Å². The maximum atomic E-state index is 4.35. The van der Waals surface area contributed by atoms with Crippen molar-refractivity contribution in [1.82, 2.24) is 9.88 Å². The molecule has 17 heavy (non-hydrogen) atoms. The molecule has 0 aromatic carbocycles. The zero-order chi connectivity index (χ0) is 12.1. The zero-order valence-corrected chi connectivity index (χ0v) is 11.0. The summed E-state index contributed by atoms with van der Waals surface area (Å²) >= 11 is 1.72. The minimum atomic E-state index is 1.03. The van der Waals surface area contributed by atoms with E-state index in [2.05, 4.69) is 27.9 Å². The molecule has 0 saturated carbocycles. The summed E-state index contributed by atoms with van der Waals surface area (Å²) in [5.74, 6) is 0. The predicted octanol–water partition coefficient (Wildman–Crippen LogP) is 2.40. The minimum absolute atomic E-state index is 1.03. The number of piperazine rings is 1. The van der Waals surface area contributed by atoms with Crippen LogP contribution in [0.5, 0.6) is 0 Å². The van der Waals surface area contributed by atoms with Crippen LogP contribution in [0.3, 0.4) is 0 Å². The van der Waals surface area contributed by atoms with E-state index in [0.717, 1.165) is 49.8 Å². The molecule has 0 spiro atoms. The number of allylic oxidation sites excluding steroid dienone is 1. The molecule has 0 unspecified atom stereocenters. The van der Waals surface area contributed by atoms with E-state index in [0.29, 0.717) is 0 Å². The Morgan fingerprint density at radius 3 is 2.76 bits per heavy atom. The van der Waals surface area contributed by atoms with Crippen LogP contribution in [0.1, 0.15) is 6.42 Å². The predicted molar refractivity (Wildman–Crippen MR) is 74.7 cm³/mol. The first-order valence-corrected chi connectivity index (χ1v) is 6.84. The largest absolute Gasteiger partial charge is 0.346 e. The molecule has 1 aromatic rings. The molecule has 0 amide bonds. The molecule has 1 aliphatic rings. The van der Waals surface area contributed by atoms with Crippen LogP contribution in [0.2, 0.25) is 0 Å². The molecule has 2 rings (SSSR count). The fourth-order valence-corrected chi connectivity index (χ4v) is 2.64. The minimum Gasteiger partial charge on any atom is -0.346 e. The van der Waals surface area contributed by atoms with Gasteiger partial charge in [-0.2, -0.15) is 0 Å². The van der Waals surface area contributed by atoms with Gasteiger partial charge in [0.25, 0.3) is 0 Å². The van der Waals surface area contributed by atoms with Crippen molar-refractivity contribution in [2.24, 2.45) is 0 Å². The smallest absolute Gasteiger partial charge is 0.185 e. The lowest BCUT2D eigenvalue weighted by atomic mass is 10.2. The third-order valence-electron chi connectivity index (χ3n) is 3.10. The number of rotatable bonds is 5. The Bertz CT molecular complexity index is 364. The number of thiazole rings is 1. The molecule has 92 valence electrons. The molecule has 0 N–H and O–H groups in total. The molecule has 4 heteroatoms. The Kier molecular flexibility index (Phi) is 4.34. The van der Waals surface area contributed by atoms with Gasteiger partial charge in [0.15, 0.2) is 5.13 Å². The van der Waals surface area contributed by atoms with Gasteiger partial charge in [-0.25, -0.2) is 4.98 Å². The summed E-state index contributed by atoms with van der Waals surface area (Å²) in [6.07, 6.45) is 4.76. The fourth-order valence-electron chi connectivity index (χ4n) is 1.94. The van der Waals surface area contributed by atoms with Gasteiger partial charge >= 0.3 is 0 Å². The Hall–Kier alpha value is -1.13. The van der Waals surface area contributed by atoms with Gasteiger partial charge < -0.3 is 4.90 Å². The zero-order valence-electron chi connectivity index (χ0n) is 10.1. The van der Waals surface area contributed by atoms with E-state index in [1.165, 1.54) is 0 Å². The SMILES string of the molecule is C=CC(=C)CCN1CCN(c2nccs2)CC1. The lowest BCUT2D eigenvalue weighted by molar-refractivity contribution is 0.261. The molecule has 0 bridgehead atoms. The first-order valence-electron chi connectivity index (χ1n) is 5.96. The van der Waals surface area contributed by atoms with E-state index < -0.39 is 0 Å². The van der Waals surface area contributed by atoms with E-state index in [-0.39, 0.29) is 0 Å². The molecule has 2 heterocycles.